The molecule has 0 spiro atoms. The summed E-state index contributed by atoms with van der Waals surface area (Å²) in [6.45, 7) is 18.5. The molecular formula is C52H69N3O14. The van der Waals surface area contributed by atoms with E-state index in [2.05, 4.69) is 10.0 Å². The molecule has 69 heavy (non-hydrogen) atoms. The van der Waals surface area contributed by atoms with Crippen LogP contribution in [0.2, 0.25) is 0 Å². The summed E-state index contributed by atoms with van der Waals surface area (Å²) in [6, 6.07) is 27.2. The van der Waals surface area contributed by atoms with Gasteiger partial charge in [0.05, 0.1) is 28.3 Å². The molecule has 17 nitrogen and oxygen atoms in total. The van der Waals surface area contributed by atoms with Crippen molar-refractivity contribution in [1.29, 1.82) is 0 Å². The topological polar surface area (TPSA) is 220 Å². The SMILES string of the molecule is CO[C@@H]1O[C@H](COC(c2ccccc2)(c2ccccc2)c2ccccc2)[C@H](O)[C@H](O[C@@H]2O[C@H](COC(=O)C(C)(C)C)[C@H](OC(=O)C(C)(C)C)[C@H](OC(=O)C(C)(C)C)[C@H]2OC(=O)C(C)(C)C)[C@H]1N=[N+]=[N-]. The number of hydrogen-bond acceptors (Lipinski definition) is 15. The van der Waals surface area contributed by atoms with Gasteiger partial charge in [-0.05, 0) is 105 Å². The Hall–Kier alpha value is -5.39. The Morgan fingerprint density at radius 3 is 1.38 bits per heavy atom. The van der Waals surface area contributed by atoms with Crippen LogP contribution >= 0.6 is 0 Å². The van der Waals surface area contributed by atoms with Gasteiger partial charge in [-0.15, -0.1) is 0 Å². The van der Waals surface area contributed by atoms with Crippen LogP contribution < -0.4 is 0 Å². The molecule has 0 saturated carbocycles. The van der Waals surface area contributed by atoms with Crippen LogP contribution in [-0.4, -0.2) is 111 Å². The van der Waals surface area contributed by atoms with E-state index in [1.807, 2.05) is 91.0 Å². The Labute approximate surface area is 405 Å². The first-order valence-electron chi connectivity index (χ1n) is 23.1. The molecule has 0 bridgehead atoms. The lowest BCUT2D eigenvalue weighted by Crippen LogP contribution is -2.67. The summed E-state index contributed by atoms with van der Waals surface area (Å²) in [6.07, 6.45) is -14.1. The Kier molecular flexibility index (Phi) is 17.5. The van der Waals surface area contributed by atoms with Gasteiger partial charge < -0.3 is 47.7 Å². The highest BCUT2D eigenvalue weighted by molar-refractivity contribution is 5.78. The van der Waals surface area contributed by atoms with Gasteiger partial charge in [-0.2, -0.15) is 0 Å². The van der Waals surface area contributed by atoms with Crippen molar-refractivity contribution in [3.05, 3.63) is 118 Å². The standard InChI is InChI=1S/C52H69N3O14/c1-48(2,3)44(57)62-29-35-38(67-45(58)49(4,5)6)40(68-46(59)50(7,8)9)41(69-47(60)51(10,11)12)43(65-35)66-39-36(54-55-53)42(61-13)64-34(37(39)56)30-63-52(31-23-17-14-18-24-31,32-25-19-15-20-26-32)33-27-21-16-22-28-33/h14-28,34-43,56H,29-30H2,1-13H3/t34-,35-,36-,37+,38+,39-,40+,41-,42-,43+/m1/s1. The van der Waals surface area contributed by atoms with Gasteiger partial charge in [0.2, 0.25) is 0 Å². The molecule has 2 aliphatic heterocycles. The fraction of sp³-hybridized carbons (Fsp3) is 0.577. The van der Waals surface area contributed by atoms with Crippen LogP contribution in [0.25, 0.3) is 10.4 Å². The highest BCUT2D eigenvalue weighted by Crippen LogP contribution is 2.42. The first-order chi connectivity index (χ1) is 32.2. The van der Waals surface area contributed by atoms with Crippen molar-refractivity contribution in [2.45, 2.75) is 150 Å². The fourth-order valence-electron chi connectivity index (χ4n) is 7.51. The van der Waals surface area contributed by atoms with Crippen LogP contribution in [0.4, 0.5) is 0 Å². The zero-order valence-electron chi connectivity index (χ0n) is 41.9. The number of ether oxygens (including phenoxy) is 9. The minimum atomic E-state index is -1.80. The van der Waals surface area contributed by atoms with Crippen molar-refractivity contribution in [2.24, 2.45) is 26.8 Å². The monoisotopic (exact) mass is 959 g/mol. The molecule has 0 radical (unpaired) electrons. The summed E-state index contributed by atoms with van der Waals surface area (Å²) in [5.74, 6) is -2.95. The Morgan fingerprint density at radius 2 is 0.971 bits per heavy atom. The molecule has 2 heterocycles. The number of nitrogens with zero attached hydrogens (tertiary/aromatic N) is 3. The van der Waals surface area contributed by atoms with Gasteiger partial charge in [0, 0.05) is 12.0 Å². The van der Waals surface area contributed by atoms with Crippen LogP contribution in [0.1, 0.15) is 99.8 Å². The summed E-state index contributed by atoms with van der Waals surface area (Å²) in [5.41, 5.74) is 6.59. The molecule has 2 fully saturated rings. The lowest BCUT2D eigenvalue weighted by Gasteiger charge is -2.49. The van der Waals surface area contributed by atoms with Gasteiger partial charge in [0.25, 0.3) is 0 Å². The smallest absolute Gasteiger partial charge is 0.311 e. The third-order valence-corrected chi connectivity index (χ3v) is 11.5. The Morgan fingerprint density at radius 1 is 0.565 bits per heavy atom. The molecule has 3 aromatic carbocycles. The largest absolute Gasteiger partial charge is 0.462 e. The molecule has 1 N–H and O–H groups in total. The number of carbonyl (C=O) groups excluding carboxylic acids is 4. The number of aliphatic hydroxyl groups excluding tert-OH is 1. The summed E-state index contributed by atoms with van der Waals surface area (Å²) in [4.78, 5) is 58.0. The minimum Gasteiger partial charge on any atom is -0.462 e. The van der Waals surface area contributed by atoms with Gasteiger partial charge in [-0.25, -0.2) is 0 Å². The van der Waals surface area contributed by atoms with Crippen molar-refractivity contribution in [2.75, 3.05) is 20.3 Å². The van der Waals surface area contributed by atoms with Crippen LogP contribution in [0.5, 0.6) is 0 Å². The van der Waals surface area contributed by atoms with Crippen LogP contribution in [-0.2, 0) is 67.4 Å². The second-order valence-corrected chi connectivity index (χ2v) is 21.4. The maximum Gasteiger partial charge on any atom is 0.311 e. The van der Waals surface area contributed by atoms with Gasteiger partial charge in [-0.3, -0.25) is 19.2 Å². The Bertz CT molecular complexity index is 2150. The molecule has 2 saturated heterocycles. The molecule has 5 rings (SSSR count). The average molecular weight is 960 g/mol. The normalized spacial score (nSPS) is 25.7. The van der Waals surface area contributed by atoms with E-state index in [9.17, 15) is 29.8 Å². The molecule has 376 valence electrons. The van der Waals surface area contributed by atoms with Crippen molar-refractivity contribution in [3.63, 3.8) is 0 Å². The summed E-state index contributed by atoms with van der Waals surface area (Å²) >= 11 is 0. The second-order valence-electron chi connectivity index (χ2n) is 21.4. The molecule has 17 heteroatoms. The molecule has 0 aliphatic carbocycles. The number of rotatable bonds is 15. The zero-order valence-corrected chi connectivity index (χ0v) is 41.9. The molecule has 2 aliphatic rings. The van der Waals surface area contributed by atoms with E-state index in [4.69, 9.17) is 42.6 Å². The molecule has 0 aromatic heterocycles. The number of aliphatic hydroxyl groups is 1. The molecule has 0 unspecified atom stereocenters. The second kappa shape index (κ2) is 22.1. The van der Waals surface area contributed by atoms with E-state index in [1.165, 1.54) is 7.11 Å². The molecule has 10 atom stereocenters. The van der Waals surface area contributed by atoms with E-state index in [0.717, 1.165) is 16.7 Å². The quantitative estimate of drug-likeness (QED) is 0.0381. The zero-order chi connectivity index (χ0) is 51.1. The van der Waals surface area contributed by atoms with Crippen LogP contribution in [0.15, 0.2) is 96.1 Å². The first kappa shape index (κ1) is 54.5. The highest BCUT2D eigenvalue weighted by Gasteiger charge is 2.58. The van der Waals surface area contributed by atoms with Crippen LogP contribution in [0, 0.1) is 21.7 Å². The van der Waals surface area contributed by atoms with E-state index < -0.39 is 119 Å². The number of hydrogen-bond donors (Lipinski definition) is 1. The third-order valence-electron chi connectivity index (χ3n) is 11.5. The molecular weight excluding hydrogens is 891 g/mol. The molecule has 3 aromatic rings. The fourth-order valence-corrected chi connectivity index (χ4v) is 7.51. The van der Waals surface area contributed by atoms with Crippen molar-refractivity contribution in [3.8, 4) is 0 Å². The predicted octanol–water partition coefficient (Wildman–Crippen LogP) is 7.98. The lowest BCUT2D eigenvalue weighted by atomic mass is 9.80. The number of esters is 4. The van der Waals surface area contributed by atoms with Gasteiger partial charge in [-0.1, -0.05) is 96.1 Å². The lowest BCUT2D eigenvalue weighted by molar-refractivity contribution is -0.346. The number of benzene rings is 3. The maximum atomic E-state index is 14.0. The minimum absolute atomic E-state index is 0.307. The average Bonchev–Trinajstić information content (AvgIpc) is 3.29. The molecule has 0 amide bonds. The predicted molar refractivity (Wildman–Crippen MR) is 252 cm³/mol. The summed E-state index contributed by atoms with van der Waals surface area (Å²) in [5, 5.41) is 16.5. The highest BCUT2D eigenvalue weighted by atomic mass is 16.8. The third kappa shape index (κ3) is 13.1. The van der Waals surface area contributed by atoms with E-state index >= 15 is 0 Å². The van der Waals surface area contributed by atoms with Crippen molar-refractivity contribution in [1.82, 2.24) is 0 Å². The first-order valence-corrected chi connectivity index (χ1v) is 23.1. The number of methoxy groups -OCH3 is 1. The summed E-state index contributed by atoms with van der Waals surface area (Å²) in [7, 11) is 1.32. The number of carbonyl (C=O) groups is 4. The van der Waals surface area contributed by atoms with Crippen LogP contribution in [0.3, 0.4) is 0 Å². The van der Waals surface area contributed by atoms with Gasteiger partial charge >= 0.3 is 23.9 Å². The Balaban J connectivity index is 1.65. The van der Waals surface area contributed by atoms with Crippen molar-refractivity contribution >= 4 is 23.9 Å². The van der Waals surface area contributed by atoms with E-state index in [1.54, 1.807) is 83.1 Å². The van der Waals surface area contributed by atoms with E-state index in [0.29, 0.717) is 0 Å². The van der Waals surface area contributed by atoms with Gasteiger partial charge in [0.15, 0.2) is 30.9 Å². The maximum absolute atomic E-state index is 14.0. The van der Waals surface area contributed by atoms with Crippen molar-refractivity contribution < 1.29 is 66.9 Å². The van der Waals surface area contributed by atoms with E-state index in [-0.39, 0.29) is 6.61 Å². The van der Waals surface area contributed by atoms with Gasteiger partial charge in [0.1, 0.15) is 42.7 Å². The summed E-state index contributed by atoms with van der Waals surface area (Å²) < 4.78 is 56.6. The number of azide groups is 1.